The van der Waals surface area contributed by atoms with Crippen molar-refractivity contribution in [3.05, 3.63) is 60.6 Å². The van der Waals surface area contributed by atoms with Crippen molar-refractivity contribution < 1.29 is 9.21 Å². The van der Waals surface area contributed by atoms with Gasteiger partial charge in [-0.1, -0.05) is 12.1 Å². The van der Waals surface area contributed by atoms with E-state index in [0.717, 1.165) is 47.3 Å². The average Bonchev–Trinajstić information content (AvgIpc) is 3.50. The van der Waals surface area contributed by atoms with Crippen molar-refractivity contribution in [3.63, 3.8) is 0 Å². The molecule has 3 aromatic heterocycles. The maximum atomic E-state index is 12.9. The molecule has 1 aromatic carbocycles. The third-order valence-electron chi connectivity index (χ3n) is 5.38. The molecule has 0 aliphatic carbocycles. The number of nitrogens with one attached hydrogen (secondary N) is 1. The molecule has 1 saturated heterocycles. The fourth-order valence-corrected chi connectivity index (χ4v) is 3.85. The predicted molar refractivity (Wildman–Crippen MR) is 113 cm³/mol. The third kappa shape index (κ3) is 3.52. The Kier molecular flexibility index (Phi) is 4.66. The molecule has 8 heteroatoms. The number of amides is 1. The van der Waals surface area contributed by atoms with Crippen molar-refractivity contribution >= 4 is 23.0 Å². The number of para-hydroxylation sites is 2. The normalized spacial score (nSPS) is 16.3. The number of rotatable bonds is 5. The molecule has 0 bridgehead atoms. The van der Waals surface area contributed by atoms with E-state index < -0.39 is 0 Å². The molecule has 0 spiro atoms. The number of anilines is 1. The summed E-state index contributed by atoms with van der Waals surface area (Å²) >= 11 is 0. The van der Waals surface area contributed by atoms with Crippen LogP contribution in [0.25, 0.3) is 22.4 Å². The van der Waals surface area contributed by atoms with Gasteiger partial charge in [0, 0.05) is 38.1 Å². The quantitative estimate of drug-likeness (QED) is 0.552. The largest absolute Gasteiger partial charge is 0.423 e. The minimum absolute atomic E-state index is 0.0190. The average molecular weight is 402 g/mol. The summed E-state index contributed by atoms with van der Waals surface area (Å²) in [6, 6.07) is 11.8. The van der Waals surface area contributed by atoms with Crippen molar-refractivity contribution in [3.8, 4) is 11.3 Å². The highest BCUT2D eigenvalue weighted by Crippen LogP contribution is 2.28. The van der Waals surface area contributed by atoms with E-state index in [2.05, 4.69) is 20.4 Å². The number of hydrogen-bond donors (Lipinski definition) is 1. The topological polar surface area (TPSA) is 89.1 Å². The number of aryl methyl sites for hydroxylation is 1. The molecule has 1 aliphatic rings. The van der Waals surface area contributed by atoms with E-state index in [9.17, 15) is 4.79 Å². The molecule has 0 saturated carbocycles. The molecule has 1 amide bonds. The Bertz CT molecular complexity index is 1160. The molecule has 1 fully saturated rings. The molecule has 30 heavy (non-hydrogen) atoms. The summed E-state index contributed by atoms with van der Waals surface area (Å²) in [5.74, 6) is -0.0190. The molecule has 5 rings (SSSR count). The van der Waals surface area contributed by atoms with E-state index in [1.54, 1.807) is 17.1 Å². The molecule has 1 aliphatic heterocycles. The van der Waals surface area contributed by atoms with Crippen molar-refractivity contribution in [1.82, 2.24) is 25.1 Å². The van der Waals surface area contributed by atoms with Gasteiger partial charge in [0.15, 0.2) is 5.58 Å². The van der Waals surface area contributed by atoms with Gasteiger partial charge in [0.05, 0.1) is 11.9 Å². The Morgan fingerprint density at radius 2 is 2.20 bits per heavy atom. The lowest BCUT2D eigenvalue weighted by Gasteiger charge is -2.22. The van der Waals surface area contributed by atoms with Crippen LogP contribution in [-0.2, 0) is 18.4 Å². The van der Waals surface area contributed by atoms with Gasteiger partial charge in [-0.3, -0.25) is 14.5 Å². The van der Waals surface area contributed by atoms with Crippen LogP contribution in [0.2, 0.25) is 0 Å². The number of nitrogens with zero attached hydrogens (tertiary/aromatic N) is 5. The molecule has 8 nitrogen and oxygen atoms in total. The van der Waals surface area contributed by atoms with Gasteiger partial charge in [-0.15, -0.1) is 0 Å². The standard InChI is InChI=1S/C22H22N6O2/c1-27-14-16(13-25-27)18-11-15(8-9-23-18)12-24-21(29)19-6-4-10-28(19)22-26-17-5-2-3-7-20(17)30-22/h2-3,5,7-9,11,13-14,19H,4,6,10,12H2,1H3,(H,24,29)/t19-/m1/s1. The summed E-state index contributed by atoms with van der Waals surface area (Å²) in [7, 11) is 1.87. The summed E-state index contributed by atoms with van der Waals surface area (Å²) in [6.45, 7) is 1.19. The van der Waals surface area contributed by atoms with Crippen LogP contribution in [0, 0.1) is 0 Å². The lowest BCUT2D eigenvalue weighted by Crippen LogP contribution is -2.43. The molecule has 0 radical (unpaired) electrons. The summed E-state index contributed by atoms with van der Waals surface area (Å²) < 4.78 is 7.62. The minimum atomic E-state index is -0.280. The van der Waals surface area contributed by atoms with Gasteiger partial charge in [-0.05, 0) is 42.7 Å². The molecule has 152 valence electrons. The summed E-state index contributed by atoms with van der Waals surface area (Å²) in [5, 5.41) is 7.25. The molecule has 1 N–H and O–H groups in total. The van der Waals surface area contributed by atoms with Crippen molar-refractivity contribution in [2.24, 2.45) is 7.05 Å². The second-order valence-corrected chi connectivity index (χ2v) is 7.49. The van der Waals surface area contributed by atoms with Crippen LogP contribution in [-0.4, -0.2) is 38.2 Å². The molecule has 4 heterocycles. The SMILES string of the molecule is Cn1cc(-c2cc(CNC(=O)[C@H]3CCCN3c3nc4ccccc4o3)ccn2)cn1. The number of benzene rings is 1. The van der Waals surface area contributed by atoms with E-state index >= 15 is 0 Å². The highest BCUT2D eigenvalue weighted by atomic mass is 16.4. The number of hydrogen-bond acceptors (Lipinski definition) is 6. The Labute approximate surface area is 173 Å². The lowest BCUT2D eigenvalue weighted by molar-refractivity contribution is -0.122. The molecule has 4 aromatic rings. The summed E-state index contributed by atoms with van der Waals surface area (Å²) in [4.78, 5) is 23.8. The Balaban J connectivity index is 1.28. The first-order chi connectivity index (χ1) is 14.7. The van der Waals surface area contributed by atoms with Crippen molar-refractivity contribution in [1.29, 1.82) is 0 Å². The second-order valence-electron chi connectivity index (χ2n) is 7.49. The van der Waals surface area contributed by atoms with Crippen LogP contribution >= 0.6 is 0 Å². The molecule has 0 unspecified atom stereocenters. The fraction of sp³-hybridized carbons (Fsp3) is 0.273. The van der Waals surface area contributed by atoms with Crippen LogP contribution in [0.4, 0.5) is 6.01 Å². The van der Waals surface area contributed by atoms with Crippen LogP contribution in [0.5, 0.6) is 0 Å². The minimum Gasteiger partial charge on any atom is -0.423 e. The highest BCUT2D eigenvalue weighted by molar-refractivity contribution is 5.85. The van der Waals surface area contributed by atoms with Gasteiger partial charge in [-0.25, -0.2) is 0 Å². The number of fused-ring (bicyclic) bond motifs is 1. The molecular formula is C22H22N6O2. The van der Waals surface area contributed by atoms with Crippen molar-refractivity contribution in [2.45, 2.75) is 25.4 Å². The number of carbonyl (C=O) groups is 1. The second kappa shape index (κ2) is 7.62. The Morgan fingerprint density at radius 3 is 3.03 bits per heavy atom. The van der Waals surface area contributed by atoms with Crippen LogP contribution in [0.1, 0.15) is 18.4 Å². The van der Waals surface area contributed by atoms with Crippen LogP contribution in [0.15, 0.2) is 59.4 Å². The number of aromatic nitrogens is 4. The zero-order valence-corrected chi connectivity index (χ0v) is 16.7. The fourth-order valence-electron chi connectivity index (χ4n) is 3.85. The van der Waals surface area contributed by atoms with Gasteiger partial charge in [-0.2, -0.15) is 10.1 Å². The van der Waals surface area contributed by atoms with Gasteiger partial charge in [0.2, 0.25) is 5.91 Å². The van der Waals surface area contributed by atoms with Gasteiger partial charge in [0.25, 0.3) is 6.01 Å². The zero-order chi connectivity index (χ0) is 20.5. The first kappa shape index (κ1) is 18.4. The monoisotopic (exact) mass is 402 g/mol. The zero-order valence-electron chi connectivity index (χ0n) is 16.7. The first-order valence-electron chi connectivity index (χ1n) is 10.0. The Morgan fingerprint density at radius 1 is 1.30 bits per heavy atom. The van der Waals surface area contributed by atoms with E-state index in [1.165, 1.54) is 0 Å². The number of pyridine rings is 1. The smallest absolute Gasteiger partial charge is 0.299 e. The van der Waals surface area contributed by atoms with E-state index in [1.807, 2.05) is 54.5 Å². The van der Waals surface area contributed by atoms with E-state index in [0.29, 0.717) is 12.6 Å². The lowest BCUT2D eigenvalue weighted by atomic mass is 10.1. The molecule has 1 atom stereocenters. The van der Waals surface area contributed by atoms with E-state index in [-0.39, 0.29) is 11.9 Å². The Hall–Kier alpha value is -3.68. The summed E-state index contributed by atoms with van der Waals surface area (Å²) in [6.07, 6.45) is 7.16. The van der Waals surface area contributed by atoms with Crippen molar-refractivity contribution in [2.75, 3.05) is 11.4 Å². The van der Waals surface area contributed by atoms with Crippen LogP contribution in [0.3, 0.4) is 0 Å². The maximum Gasteiger partial charge on any atom is 0.299 e. The highest BCUT2D eigenvalue weighted by Gasteiger charge is 2.33. The predicted octanol–water partition coefficient (Wildman–Crippen LogP) is 2.91. The number of oxazole rings is 1. The third-order valence-corrected chi connectivity index (χ3v) is 5.38. The number of carbonyl (C=O) groups excluding carboxylic acids is 1. The van der Waals surface area contributed by atoms with Crippen LogP contribution < -0.4 is 10.2 Å². The first-order valence-corrected chi connectivity index (χ1v) is 10.0. The van der Waals surface area contributed by atoms with Gasteiger partial charge in [0.1, 0.15) is 11.6 Å². The maximum absolute atomic E-state index is 12.9. The molecular weight excluding hydrogens is 380 g/mol. The van der Waals surface area contributed by atoms with Gasteiger partial charge >= 0.3 is 0 Å². The summed E-state index contributed by atoms with van der Waals surface area (Å²) in [5.41, 5.74) is 4.31. The van der Waals surface area contributed by atoms with E-state index in [4.69, 9.17) is 4.42 Å². The van der Waals surface area contributed by atoms with Gasteiger partial charge < -0.3 is 14.6 Å².